The van der Waals surface area contributed by atoms with Crippen LogP contribution in [-0.4, -0.2) is 52.1 Å². The van der Waals surface area contributed by atoms with E-state index in [1.807, 2.05) is 18.2 Å². The molecule has 0 N–H and O–H groups in total. The Bertz CT molecular complexity index is 811. The van der Waals surface area contributed by atoms with Crippen molar-refractivity contribution in [2.24, 2.45) is 10.2 Å². The van der Waals surface area contributed by atoms with Crippen LogP contribution in [0.2, 0.25) is 0 Å². The first-order valence-electron chi connectivity index (χ1n) is 9.25. The van der Waals surface area contributed by atoms with E-state index in [0.29, 0.717) is 36.9 Å². The van der Waals surface area contributed by atoms with Crippen LogP contribution in [0.4, 0.5) is 22.7 Å². The summed E-state index contributed by atoms with van der Waals surface area (Å²) in [5.41, 5.74) is 2.10. The Hall–Kier alpha value is -3.04. The molecule has 0 saturated heterocycles. The van der Waals surface area contributed by atoms with Crippen molar-refractivity contribution in [1.82, 2.24) is 0 Å². The first-order valence-corrected chi connectivity index (χ1v) is 9.25. The molecule has 9 nitrogen and oxygen atoms in total. The molecule has 0 saturated carbocycles. The van der Waals surface area contributed by atoms with Gasteiger partial charge in [0.15, 0.2) is 0 Å². The first-order chi connectivity index (χ1) is 14.1. The van der Waals surface area contributed by atoms with Gasteiger partial charge in [-0.2, -0.15) is 5.11 Å². The molecule has 0 radical (unpaired) electrons. The summed E-state index contributed by atoms with van der Waals surface area (Å²) in [6.07, 6.45) is 0. The number of hydrogen-bond acceptors (Lipinski definition) is 8. The van der Waals surface area contributed by atoms with Crippen LogP contribution < -0.4 is 9.64 Å². The summed E-state index contributed by atoms with van der Waals surface area (Å²) in [6, 6.07) is 11.6. The smallest absolute Gasteiger partial charge is 0.269 e. The molecule has 0 atom stereocenters. The van der Waals surface area contributed by atoms with Crippen LogP contribution in [0.3, 0.4) is 0 Å². The van der Waals surface area contributed by atoms with Crippen molar-refractivity contribution in [3.63, 3.8) is 0 Å². The van der Waals surface area contributed by atoms with Crippen molar-refractivity contribution < 1.29 is 19.1 Å². The summed E-state index contributed by atoms with van der Waals surface area (Å²) in [6.45, 7) is 5.38. The molecule has 2 aromatic carbocycles. The minimum atomic E-state index is -0.454. The molecule has 0 amide bonds. The highest BCUT2D eigenvalue weighted by atomic mass is 16.6. The highest BCUT2D eigenvalue weighted by Crippen LogP contribution is 2.33. The quantitative estimate of drug-likeness (QED) is 0.224. The third-order valence-corrected chi connectivity index (χ3v) is 4.18. The van der Waals surface area contributed by atoms with Crippen LogP contribution in [0.15, 0.2) is 52.7 Å². The van der Waals surface area contributed by atoms with Gasteiger partial charge in [-0.25, -0.2) is 0 Å². The maximum atomic E-state index is 10.7. The summed E-state index contributed by atoms with van der Waals surface area (Å²) in [4.78, 5) is 12.4. The van der Waals surface area contributed by atoms with E-state index in [0.717, 1.165) is 18.8 Å². The number of non-ortho nitro benzene ring substituents is 1. The molecule has 0 aliphatic heterocycles. The zero-order valence-electron chi connectivity index (χ0n) is 16.9. The van der Waals surface area contributed by atoms with Gasteiger partial charge < -0.3 is 19.1 Å². The highest BCUT2D eigenvalue weighted by Gasteiger charge is 2.10. The molecule has 0 fully saturated rings. The van der Waals surface area contributed by atoms with Gasteiger partial charge in [0.1, 0.15) is 11.4 Å². The number of nitrogens with zero attached hydrogens (tertiary/aromatic N) is 4. The standard InChI is InChI=1S/C20H26N4O5/c1-4-23(11-12-29-14-13-27-2)18-9-10-19(20(15-18)28-3)22-21-16-5-7-17(8-6-16)24(25)26/h5-10,15H,4,11-14H2,1-3H3. The molecular weight excluding hydrogens is 376 g/mol. The fraction of sp³-hybridized carbons (Fsp3) is 0.400. The van der Waals surface area contributed by atoms with Gasteiger partial charge in [-0.15, -0.1) is 5.11 Å². The molecule has 0 spiro atoms. The second-order valence-electron chi connectivity index (χ2n) is 6.01. The van der Waals surface area contributed by atoms with E-state index in [1.165, 1.54) is 12.1 Å². The summed E-state index contributed by atoms with van der Waals surface area (Å²) >= 11 is 0. The lowest BCUT2D eigenvalue weighted by molar-refractivity contribution is -0.384. The van der Waals surface area contributed by atoms with E-state index in [2.05, 4.69) is 22.1 Å². The number of nitro groups is 1. The molecule has 0 unspecified atom stereocenters. The van der Waals surface area contributed by atoms with E-state index in [-0.39, 0.29) is 5.69 Å². The molecule has 2 rings (SSSR count). The average Bonchev–Trinajstić information content (AvgIpc) is 2.75. The number of rotatable bonds is 12. The van der Waals surface area contributed by atoms with Crippen molar-refractivity contribution in [2.45, 2.75) is 6.92 Å². The van der Waals surface area contributed by atoms with E-state index < -0.39 is 4.92 Å². The van der Waals surface area contributed by atoms with Crippen molar-refractivity contribution in [3.05, 3.63) is 52.6 Å². The number of likely N-dealkylation sites (N-methyl/N-ethyl adjacent to an activating group) is 1. The summed E-state index contributed by atoms with van der Waals surface area (Å²) < 4.78 is 16.0. The molecule has 0 aromatic heterocycles. The van der Waals surface area contributed by atoms with Gasteiger partial charge in [0.25, 0.3) is 5.69 Å². The average molecular weight is 402 g/mol. The Morgan fingerprint density at radius 1 is 1.03 bits per heavy atom. The third kappa shape index (κ3) is 6.81. The van der Waals surface area contributed by atoms with Gasteiger partial charge in [0.2, 0.25) is 0 Å². The highest BCUT2D eigenvalue weighted by molar-refractivity contribution is 5.62. The first kappa shape index (κ1) is 22.3. The lowest BCUT2D eigenvalue weighted by Gasteiger charge is -2.23. The normalized spacial score (nSPS) is 11.0. The second kappa shape index (κ2) is 11.7. The number of ether oxygens (including phenoxy) is 3. The number of benzene rings is 2. The molecule has 0 heterocycles. The fourth-order valence-corrected chi connectivity index (χ4v) is 2.59. The summed E-state index contributed by atoms with van der Waals surface area (Å²) in [7, 11) is 3.22. The van der Waals surface area contributed by atoms with E-state index in [4.69, 9.17) is 14.2 Å². The van der Waals surface area contributed by atoms with E-state index in [9.17, 15) is 10.1 Å². The summed E-state index contributed by atoms with van der Waals surface area (Å²) in [5, 5.41) is 19.1. The fourth-order valence-electron chi connectivity index (χ4n) is 2.59. The molecule has 156 valence electrons. The number of nitro benzene ring substituents is 1. The number of azo groups is 1. The topological polar surface area (TPSA) is 98.8 Å². The van der Waals surface area contributed by atoms with Gasteiger partial charge in [0.05, 0.1) is 37.5 Å². The van der Waals surface area contributed by atoms with Gasteiger partial charge in [-0.3, -0.25) is 10.1 Å². The Morgan fingerprint density at radius 3 is 2.41 bits per heavy atom. The van der Waals surface area contributed by atoms with E-state index in [1.54, 1.807) is 26.4 Å². The van der Waals surface area contributed by atoms with Crippen LogP contribution in [0, 0.1) is 10.1 Å². The second-order valence-corrected chi connectivity index (χ2v) is 6.01. The maximum Gasteiger partial charge on any atom is 0.269 e. The van der Waals surface area contributed by atoms with Crippen LogP contribution in [0.5, 0.6) is 5.75 Å². The molecule has 2 aromatic rings. The van der Waals surface area contributed by atoms with Crippen molar-refractivity contribution in [2.75, 3.05) is 52.0 Å². The lowest BCUT2D eigenvalue weighted by Crippen LogP contribution is -2.27. The van der Waals surface area contributed by atoms with Crippen LogP contribution in [-0.2, 0) is 9.47 Å². The minimum absolute atomic E-state index is 0.0109. The Morgan fingerprint density at radius 2 is 1.79 bits per heavy atom. The summed E-state index contributed by atoms with van der Waals surface area (Å²) in [5.74, 6) is 0.590. The number of methoxy groups -OCH3 is 2. The predicted octanol–water partition coefficient (Wildman–Crippen LogP) is 4.51. The molecule has 0 aliphatic rings. The van der Waals surface area contributed by atoms with Gasteiger partial charge >= 0.3 is 0 Å². The minimum Gasteiger partial charge on any atom is -0.494 e. The zero-order valence-corrected chi connectivity index (χ0v) is 16.9. The Labute approximate surface area is 170 Å². The number of hydrogen-bond donors (Lipinski definition) is 0. The zero-order chi connectivity index (χ0) is 21.1. The number of anilines is 1. The molecule has 0 bridgehead atoms. The van der Waals surface area contributed by atoms with Crippen LogP contribution >= 0.6 is 0 Å². The van der Waals surface area contributed by atoms with Gasteiger partial charge in [-0.1, -0.05) is 0 Å². The molecule has 0 aliphatic carbocycles. The van der Waals surface area contributed by atoms with Crippen LogP contribution in [0.1, 0.15) is 6.92 Å². The van der Waals surface area contributed by atoms with Gasteiger partial charge in [0, 0.05) is 44.1 Å². The van der Waals surface area contributed by atoms with Crippen molar-refractivity contribution in [1.29, 1.82) is 0 Å². The van der Waals surface area contributed by atoms with Crippen molar-refractivity contribution >= 4 is 22.7 Å². The SMILES string of the molecule is CCN(CCOCCOC)c1ccc(N=Nc2ccc([N+](=O)[O-])cc2)c(OC)c1. The molecular formula is C20H26N4O5. The van der Waals surface area contributed by atoms with Crippen molar-refractivity contribution in [3.8, 4) is 5.75 Å². The monoisotopic (exact) mass is 402 g/mol. The van der Waals surface area contributed by atoms with Gasteiger partial charge in [-0.05, 0) is 31.2 Å². The predicted molar refractivity (Wildman–Crippen MR) is 111 cm³/mol. The maximum absolute atomic E-state index is 10.7. The van der Waals surface area contributed by atoms with Crippen LogP contribution in [0.25, 0.3) is 0 Å². The Balaban J connectivity index is 2.07. The molecule has 9 heteroatoms. The van der Waals surface area contributed by atoms with E-state index >= 15 is 0 Å². The third-order valence-electron chi connectivity index (χ3n) is 4.18. The lowest BCUT2D eigenvalue weighted by atomic mass is 10.2. The molecule has 29 heavy (non-hydrogen) atoms. The Kier molecular flexibility index (Phi) is 9.00. The largest absolute Gasteiger partial charge is 0.494 e.